The molecular formula is C19H22F3N3S. The molecule has 0 aromatic heterocycles. The summed E-state index contributed by atoms with van der Waals surface area (Å²) in [5, 5.41) is 9.41. The normalized spacial score (nSPS) is 11.8. The fraction of sp³-hybridized carbons (Fsp3) is 0.316. The average Bonchev–Trinajstić information content (AvgIpc) is 2.48. The average molecular weight is 381 g/mol. The number of nitrogens with one attached hydrogen (secondary N) is 3. The van der Waals surface area contributed by atoms with Gasteiger partial charge in [-0.2, -0.15) is 13.2 Å². The zero-order chi connectivity index (χ0) is 19.5. The molecule has 2 aromatic rings. The summed E-state index contributed by atoms with van der Waals surface area (Å²) in [6, 6.07) is 10.6. The van der Waals surface area contributed by atoms with E-state index in [9.17, 15) is 13.2 Å². The van der Waals surface area contributed by atoms with Crippen LogP contribution in [0.2, 0.25) is 0 Å². The molecule has 0 aliphatic rings. The van der Waals surface area contributed by atoms with Gasteiger partial charge in [-0.3, -0.25) is 0 Å². The first-order valence-corrected chi connectivity index (χ1v) is 8.49. The SMILES string of the molecule is Cc1ccc(NC(=S)Nc2cccc(C(F)(F)F)c2)cc1NC(C)(C)C. The van der Waals surface area contributed by atoms with Crippen molar-refractivity contribution < 1.29 is 13.2 Å². The summed E-state index contributed by atoms with van der Waals surface area (Å²) < 4.78 is 38.4. The van der Waals surface area contributed by atoms with E-state index in [1.165, 1.54) is 12.1 Å². The van der Waals surface area contributed by atoms with E-state index in [-0.39, 0.29) is 16.3 Å². The van der Waals surface area contributed by atoms with E-state index >= 15 is 0 Å². The van der Waals surface area contributed by atoms with Gasteiger partial charge in [0.1, 0.15) is 0 Å². The minimum atomic E-state index is -4.39. The van der Waals surface area contributed by atoms with Crippen LogP contribution >= 0.6 is 12.2 Å². The second kappa shape index (κ2) is 7.53. The van der Waals surface area contributed by atoms with Crippen molar-refractivity contribution in [3.05, 3.63) is 53.6 Å². The van der Waals surface area contributed by atoms with Crippen LogP contribution in [0.1, 0.15) is 31.9 Å². The number of thiocarbonyl (C=S) groups is 1. The van der Waals surface area contributed by atoms with E-state index in [0.717, 1.165) is 29.1 Å². The van der Waals surface area contributed by atoms with Gasteiger partial charge in [0.2, 0.25) is 0 Å². The van der Waals surface area contributed by atoms with E-state index in [2.05, 4.69) is 36.7 Å². The van der Waals surface area contributed by atoms with Gasteiger partial charge in [-0.05, 0) is 75.8 Å². The molecule has 0 saturated heterocycles. The molecule has 0 amide bonds. The molecule has 0 unspecified atom stereocenters. The maximum absolute atomic E-state index is 12.8. The van der Waals surface area contributed by atoms with Crippen LogP contribution in [-0.4, -0.2) is 10.7 Å². The van der Waals surface area contributed by atoms with Crippen LogP contribution in [-0.2, 0) is 6.18 Å². The maximum atomic E-state index is 12.8. The standard InChI is InChI=1S/C19H22F3N3S/c1-12-8-9-15(11-16(12)25-18(2,3)4)24-17(26)23-14-7-5-6-13(10-14)19(20,21)22/h5-11,25H,1-4H3,(H2,23,24,26). The molecule has 7 heteroatoms. The van der Waals surface area contributed by atoms with Gasteiger partial charge in [-0.25, -0.2) is 0 Å². The number of hydrogen-bond acceptors (Lipinski definition) is 2. The highest BCUT2D eigenvalue weighted by atomic mass is 32.1. The molecule has 0 bridgehead atoms. The molecule has 0 aliphatic carbocycles. The Hall–Kier alpha value is -2.28. The van der Waals surface area contributed by atoms with Gasteiger partial charge in [0.25, 0.3) is 0 Å². The first kappa shape index (κ1) is 20.0. The lowest BCUT2D eigenvalue weighted by molar-refractivity contribution is -0.137. The number of benzene rings is 2. The molecule has 0 spiro atoms. The summed E-state index contributed by atoms with van der Waals surface area (Å²) in [5.41, 5.74) is 2.24. The smallest absolute Gasteiger partial charge is 0.380 e. The third-order valence-electron chi connectivity index (χ3n) is 3.45. The first-order valence-electron chi connectivity index (χ1n) is 8.08. The Morgan fingerprint density at radius 2 is 1.54 bits per heavy atom. The van der Waals surface area contributed by atoms with Crippen molar-refractivity contribution in [3.8, 4) is 0 Å². The Balaban J connectivity index is 2.10. The quantitative estimate of drug-likeness (QED) is 0.567. The van der Waals surface area contributed by atoms with Gasteiger partial charge in [0, 0.05) is 22.6 Å². The zero-order valence-corrected chi connectivity index (χ0v) is 15.9. The van der Waals surface area contributed by atoms with Gasteiger partial charge in [0.05, 0.1) is 5.56 Å². The molecule has 2 aromatic carbocycles. The summed E-state index contributed by atoms with van der Waals surface area (Å²) >= 11 is 5.22. The monoisotopic (exact) mass is 381 g/mol. The number of hydrogen-bond donors (Lipinski definition) is 3. The highest BCUT2D eigenvalue weighted by molar-refractivity contribution is 7.80. The van der Waals surface area contributed by atoms with Crippen LogP contribution in [0.25, 0.3) is 0 Å². The molecular weight excluding hydrogens is 359 g/mol. The van der Waals surface area contributed by atoms with Crippen molar-refractivity contribution in [2.45, 2.75) is 39.4 Å². The number of rotatable bonds is 3. The van der Waals surface area contributed by atoms with Crippen molar-refractivity contribution in [3.63, 3.8) is 0 Å². The van der Waals surface area contributed by atoms with Crippen LogP contribution in [0.5, 0.6) is 0 Å². The third kappa shape index (κ3) is 5.91. The topological polar surface area (TPSA) is 36.1 Å². The highest BCUT2D eigenvalue weighted by Crippen LogP contribution is 2.30. The Labute approximate surface area is 157 Å². The van der Waals surface area contributed by atoms with Gasteiger partial charge in [-0.15, -0.1) is 0 Å². The number of anilines is 3. The molecule has 0 radical (unpaired) electrons. The molecule has 3 nitrogen and oxygen atoms in total. The van der Waals surface area contributed by atoms with E-state index in [1.54, 1.807) is 0 Å². The van der Waals surface area contributed by atoms with Crippen molar-refractivity contribution in [2.75, 3.05) is 16.0 Å². The van der Waals surface area contributed by atoms with Crippen molar-refractivity contribution >= 4 is 34.4 Å². The molecule has 0 aliphatic heterocycles. The molecule has 0 heterocycles. The molecule has 3 N–H and O–H groups in total. The number of aryl methyl sites for hydroxylation is 1. The minimum Gasteiger partial charge on any atom is -0.380 e. The molecule has 0 saturated carbocycles. The van der Waals surface area contributed by atoms with Crippen molar-refractivity contribution in [2.24, 2.45) is 0 Å². The first-order chi connectivity index (χ1) is 11.9. The van der Waals surface area contributed by atoms with Crippen LogP contribution in [0.3, 0.4) is 0 Å². The summed E-state index contributed by atoms with van der Waals surface area (Å²) in [5.74, 6) is 0. The highest BCUT2D eigenvalue weighted by Gasteiger charge is 2.30. The lowest BCUT2D eigenvalue weighted by atomic mass is 10.1. The third-order valence-corrected chi connectivity index (χ3v) is 3.66. The number of halogens is 3. The lowest BCUT2D eigenvalue weighted by Gasteiger charge is -2.24. The molecule has 2 rings (SSSR count). The fourth-order valence-corrected chi connectivity index (χ4v) is 2.54. The van der Waals surface area contributed by atoms with E-state index < -0.39 is 11.7 Å². The van der Waals surface area contributed by atoms with Gasteiger partial charge < -0.3 is 16.0 Å². The predicted octanol–water partition coefficient (Wildman–Crippen LogP) is 6.03. The van der Waals surface area contributed by atoms with Crippen LogP contribution in [0.15, 0.2) is 42.5 Å². The molecule has 140 valence electrons. The Morgan fingerprint density at radius 1 is 0.923 bits per heavy atom. The summed E-state index contributed by atoms with van der Waals surface area (Å²) in [6.07, 6.45) is -4.39. The predicted molar refractivity (Wildman–Crippen MR) is 106 cm³/mol. The lowest BCUT2D eigenvalue weighted by Crippen LogP contribution is -2.26. The second-order valence-corrected chi connectivity index (χ2v) is 7.47. The molecule has 26 heavy (non-hydrogen) atoms. The van der Waals surface area contributed by atoms with E-state index in [4.69, 9.17) is 12.2 Å². The van der Waals surface area contributed by atoms with Crippen LogP contribution in [0.4, 0.5) is 30.2 Å². The maximum Gasteiger partial charge on any atom is 0.416 e. The van der Waals surface area contributed by atoms with Crippen LogP contribution in [0, 0.1) is 6.92 Å². The van der Waals surface area contributed by atoms with Gasteiger partial charge >= 0.3 is 6.18 Å². The summed E-state index contributed by atoms with van der Waals surface area (Å²) in [7, 11) is 0. The Kier molecular flexibility index (Phi) is 5.81. The fourth-order valence-electron chi connectivity index (χ4n) is 2.31. The largest absolute Gasteiger partial charge is 0.416 e. The molecule has 0 atom stereocenters. The van der Waals surface area contributed by atoms with E-state index in [0.29, 0.717) is 0 Å². The summed E-state index contributed by atoms with van der Waals surface area (Å²) in [4.78, 5) is 0. The van der Waals surface area contributed by atoms with Crippen molar-refractivity contribution in [1.82, 2.24) is 0 Å². The second-order valence-electron chi connectivity index (χ2n) is 7.06. The molecule has 0 fully saturated rings. The summed E-state index contributed by atoms with van der Waals surface area (Å²) in [6.45, 7) is 8.18. The zero-order valence-electron chi connectivity index (χ0n) is 15.1. The Morgan fingerprint density at radius 3 is 2.12 bits per heavy atom. The Bertz CT molecular complexity index is 795. The van der Waals surface area contributed by atoms with E-state index in [1.807, 2.05) is 25.1 Å². The number of alkyl halides is 3. The van der Waals surface area contributed by atoms with Gasteiger partial charge in [0.15, 0.2) is 5.11 Å². The van der Waals surface area contributed by atoms with Crippen LogP contribution < -0.4 is 16.0 Å². The minimum absolute atomic E-state index is 0.0970. The van der Waals surface area contributed by atoms with Gasteiger partial charge in [-0.1, -0.05) is 12.1 Å². The van der Waals surface area contributed by atoms with Crippen molar-refractivity contribution in [1.29, 1.82) is 0 Å².